The average molecular weight is 530 g/mol. The van der Waals surface area contributed by atoms with Crippen LogP contribution in [-0.4, -0.2) is 37.8 Å². The summed E-state index contributed by atoms with van der Waals surface area (Å²) in [4.78, 5) is 37.8. The number of amides is 2. The van der Waals surface area contributed by atoms with Crippen molar-refractivity contribution in [3.8, 4) is 11.8 Å². The van der Waals surface area contributed by atoms with E-state index in [4.69, 9.17) is 9.47 Å². The van der Waals surface area contributed by atoms with Gasteiger partial charge in [-0.15, -0.1) is 0 Å². The Morgan fingerprint density at radius 2 is 1.88 bits per heavy atom. The Morgan fingerprint density at radius 1 is 1.18 bits per heavy atom. The molecule has 2 amide bonds. The van der Waals surface area contributed by atoms with Crippen molar-refractivity contribution in [1.29, 1.82) is 5.26 Å². The number of hydrogen-bond acceptors (Lipinski definition) is 7. The van der Waals surface area contributed by atoms with Crippen LogP contribution in [0.25, 0.3) is 0 Å². The molecule has 2 aromatic rings. The maximum absolute atomic E-state index is 12.9. The lowest BCUT2D eigenvalue weighted by Gasteiger charge is -2.31. The molecule has 0 saturated carbocycles. The molecule has 1 aliphatic rings. The Bertz CT molecular complexity index is 1140. The Morgan fingerprint density at radius 3 is 2.52 bits per heavy atom. The van der Waals surface area contributed by atoms with E-state index in [-0.39, 0.29) is 22.3 Å². The lowest BCUT2D eigenvalue weighted by Crippen LogP contribution is -2.44. The molecule has 8 nitrogen and oxygen atoms in total. The normalized spacial score (nSPS) is 17.6. The molecule has 0 unspecified atom stereocenters. The zero-order chi connectivity index (χ0) is 24.0. The summed E-state index contributed by atoms with van der Waals surface area (Å²) in [5.41, 5.74) is 1.26. The van der Waals surface area contributed by atoms with Gasteiger partial charge in [-0.2, -0.15) is 5.26 Å². The van der Waals surface area contributed by atoms with Crippen LogP contribution in [0.4, 0.5) is 5.69 Å². The Labute approximate surface area is 203 Å². The number of esters is 1. The van der Waals surface area contributed by atoms with Gasteiger partial charge in [0.2, 0.25) is 11.8 Å². The highest BCUT2D eigenvalue weighted by Crippen LogP contribution is 2.43. The van der Waals surface area contributed by atoms with Gasteiger partial charge in [-0.1, -0.05) is 45.9 Å². The van der Waals surface area contributed by atoms with E-state index in [0.717, 1.165) is 16.2 Å². The smallest absolute Gasteiger partial charge is 0.319 e. The molecule has 170 valence electrons. The van der Waals surface area contributed by atoms with Crippen LogP contribution in [0.5, 0.6) is 5.75 Å². The molecular weight excluding hydrogens is 510 g/mol. The third kappa shape index (κ3) is 5.56. The third-order valence-electron chi connectivity index (χ3n) is 4.93. The van der Waals surface area contributed by atoms with Crippen molar-refractivity contribution in [2.45, 2.75) is 5.92 Å². The lowest BCUT2D eigenvalue weighted by molar-refractivity contribution is -0.150. The van der Waals surface area contributed by atoms with Crippen molar-refractivity contribution in [3.63, 3.8) is 0 Å². The van der Waals surface area contributed by atoms with Crippen molar-refractivity contribution >= 4 is 51.2 Å². The molecule has 2 N–H and O–H groups in total. The number of benzene rings is 2. The predicted molar refractivity (Wildman–Crippen MR) is 127 cm³/mol. The SMILES string of the molecule is COC(=O)[C@H]1C(=O)NC(SCC(=O)Nc2ccc(Br)cc2)=C(C#N)[C@@H]1c1ccccc1OC. The monoisotopic (exact) mass is 529 g/mol. The topological polar surface area (TPSA) is 118 Å². The van der Waals surface area contributed by atoms with E-state index in [1.54, 1.807) is 48.5 Å². The van der Waals surface area contributed by atoms with E-state index >= 15 is 0 Å². The zero-order valence-electron chi connectivity index (χ0n) is 17.8. The summed E-state index contributed by atoms with van der Waals surface area (Å²) in [5, 5.41) is 15.5. The highest BCUT2D eigenvalue weighted by molar-refractivity contribution is 9.10. The summed E-state index contributed by atoms with van der Waals surface area (Å²) in [7, 11) is 2.65. The molecule has 3 rings (SSSR count). The van der Waals surface area contributed by atoms with Crippen molar-refractivity contribution in [2.75, 3.05) is 25.3 Å². The molecule has 0 aliphatic carbocycles. The second kappa shape index (κ2) is 11.0. The predicted octanol–water partition coefficient (Wildman–Crippen LogP) is 3.57. The second-order valence-corrected chi connectivity index (χ2v) is 8.81. The van der Waals surface area contributed by atoms with E-state index in [0.29, 0.717) is 17.0 Å². The van der Waals surface area contributed by atoms with Crippen LogP contribution in [0.2, 0.25) is 0 Å². The third-order valence-corrected chi connectivity index (χ3v) is 6.48. The van der Waals surface area contributed by atoms with Gasteiger partial charge in [-0.05, 0) is 30.3 Å². The quantitative estimate of drug-likeness (QED) is 0.415. The van der Waals surface area contributed by atoms with Gasteiger partial charge >= 0.3 is 5.97 Å². The molecular formula is C23H20BrN3O5S. The first-order valence-electron chi connectivity index (χ1n) is 9.73. The number of nitrogens with zero attached hydrogens (tertiary/aromatic N) is 1. The van der Waals surface area contributed by atoms with Gasteiger partial charge in [0, 0.05) is 21.6 Å². The summed E-state index contributed by atoms with van der Waals surface area (Å²) in [6.45, 7) is 0. The van der Waals surface area contributed by atoms with Gasteiger partial charge in [-0.3, -0.25) is 14.4 Å². The van der Waals surface area contributed by atoms with E-state index < -0.39 is 23.7 Å². The number of ether oxygens (including phenoxy) is 2. The summed E-state index contributed by atoms with van der Waals surface area (Å²) in [6, 6.07) is 16.0. The molecule has 0 aromatic heterocycles. The molecule has 0 spiro atoms. The van der Waals surface area contributed by atoms with Gasteiger partial charge in [0.05, 0.1) is 36.6 Å². The maximum atomic E-state index is 12.9. The van der Waals surface area contributed by atoms with Gasteiger partial charge in [-0.25, -0.2) is 0 Å². The molecule has 2 atom stereocenters. The number of carbonyl (C=O) groups is 3. The van der Waals surface area contributed by atoms with Gasteiger partial charge < -0.3 is 20.1 Å². The minimum atomic E-state index is -1.28. The van der Waals surface area contributed by atoms with E-state index in [9.17, 15) is 19.6 Å². The molecule has 0 radical (unpaired) electrons. The number of carbonyl (C=O) groups excluding carboxylic acids is 3. The Kier molecular flexibility index (Phi) is 8.14. The molecule has 2 aromatic carbocycles. The minimum Gasteiger partial charge on any atom is -0.496 e. The summed E-state index contributed by atoms with van der Waals surface area (Å²) in [6.07, 6.45) is 0. The fourth-order valence-corrected chi connectivity index (χ4v) is 4.56. The van der Waals surface area contributed by atoms with Gasteiger partial charge in [0.15, 0.2) is 0 Å². The summed E-state index contributed by atoms with van der Waals surface area (Å²) in [5.74, 6) is -3.54. The van der Waals surface area contributed by atoms with Crippen LogP contribution in [0.15, 0.2) is 63.6 Å². The molecule has 1 aliphatic heterocycles. The van der Waals surface area contributed by atoms with Crippen LogP contribution in [0.3, 0.4) is 0 Å². The van der Waals surface area contributed by atoms with Crippen LogP contribution < -0.4 is 15.4 Å². The highest BCUT2D eigenvalue weighted by Gasteiger charge is 2.45. The van der Waals surface area contributed by atoms with Gasteiger partial charge in [0.25, 0.3) is 0 Å². The zero-order valence-corrected chi connectivity index (χ0v) is 20.2. The molecule has 0 bridgehead atoms. The van der Waals surface area contributed by atoms with E-state index in [1.165, 1.54) is 14.2 Å². The number of rotatable bonds is 7. The first-order valence-corrected chi connectivity index (χ1v) is 11.5. The summed E-state index contributed by atoms with van der Waals surface area (Å²) >= 11 is 4.34. The van der Waals surface area contributed by atoms with Crippen molar-refractivity contribution in [2.24, 2.45) is 5.92 Å². The molecule has 10 heteroatoms. The summed E-state index contributed by atoms with van der Waals surface area (Å²) < 4.78 is 11.1. The van der Waals surface area contributed by atoms with Gasteiger partial charge in [0.1, 0.15) is 11.7 Å². The fourth-order valence-electron chi connectivity index (χ4n) is 3.45. The molecule has 0 fully saturated rings. The number of nitriles is 1. The molecule has 33 heavy (non-hydrogen) atoms. The fraction of sp³-hybridized carbons (Fsp3) is 0.217. The molecule has 0 saturated heterocycles. The number of thioether (sulfide) groups is 1. The average Bonchev–Trinajstić information content (AvgIpc) is 2.83. The first kappa shape index (κ1) is 24.4. The largest absolute Gasteiger partial charge is 0.496 e. The number of nitrogens with one attached hydrogen (secondary N) is 2. The van der Waals surface area contributed by atoms with Crippen LogP contribution in [0, 0.1) is 17.2 Å². The standard InChI is InChI=1S/C23H20BrN3O5S/c1-31-17-6-4-3-5-15(17)19-16(11-25)22(27-21(29)20(19)23(30)32-2)33-12-18(28)26-14-9-7-13(24)8-10-14/h3-10,19-20H,12H2,1-2H3,(H,26,28)(H,27,29)/t19-,20+/m0/s1. The number of hydrogen-bond donors (Lipinski definition) is 2. The second-order valence-electron chi connectivity index (χ2n) is 6.91. The number of para-hydroxylation sites is 1. The maximum Gasteiger partial charge on any atom is 0.319 e. The van der Waals surface area contributed by atoms with Crippen molar-refractivity contribution in [3.05, 3.63) is 69.2 Å². The number of allylic oxidation sites excluding steroid dienone is 1. The van der Waals surface area contributed by atoms with Crippen LogP contribution in [-0.2, 0) is 19.1 Å². The number of halogens is 1. The lowest BCUT2D eigenvalue weighted by atomic mass is 9.78. The molecule has 1 heterocycles. The highest BCUT2D eigenvalue weighted by atomic mass is 79.9. The first-order chi connectivity index (χ1) is 15.9. The van der Waals surface area contributed by atoms with Crippen LogP contribution >= 0.6 is 27.7 Å². The van der Waals surface area contributed by atoms with Crippen molar-refractivity contribution in [1.82, 2.24) is 5.32 Å². The Hall–Kier alpha value is -3.29. The number of anilines is 1. The minimum absolute atomic E-state index is 0.0572. The van der Waals surface area contributed by atoms with Crippen LogP contribution in [0.1, 0.15) is 11.5 Å². The number of methoxy groups -OCH3 is 2. The van der Waals surface area contributed by atoms with E-state index in [1.807, 2.05) is 0 Å². The van der Waals surface area contributed by atoms with E-state index in [2.05, 4.69) is 32.6 Å². The Balaban J connectivity index is 1.92. The van der Waals surface area contributed by atoms with Crippen molar-refractivity contribution < 1.29 is 23.9 Å².